The smallest absolute Gasteiger partial charge is 0.335 e. The molecule has 0 radical (unpaired) electrons. The van der Waals surface area contributed by atoms with E-state index >= 15 is 28.8 Å². The summed E-state index contributed by atoms with van der Waals surface area (Å²) in [6, 6.07) is 54.0. The summed E-state index contributed by atoms with van der Waals surface area (Å²) in [5.41, 5.74) is 0.109. The van der Waals surface area contributed by atoms with Gasteiger partial charge in [-0.3, -0.25) is 29.0 Å². The highest BCUT2D eigenvalue weighted by molar-refractivity contribution is 6.45. The molecule has 19 rings (SSSR count). The fraction of sp³-hybridized carbons (Fsp3) is 0.196. The minimum Gasteiger partial charge on any atom is -0.508 e. The number of amides is 4. The molecule has 26 nitrogen and oxygen atoms in total. The lowest BCUT2D eigenvalue weighted by Gasteiger charge is -2.35. The van der Waals surface area contributed by atoms with Crippen LogP contribution in [0.15, 0.2) is 218 Å². The quantitative estimate of drug-likeness (QED) is 0.00988. The second kappa shape index (κ2) is 30.9. The van der Waals surface area contributed by atoms with Crippen LogP contribution in [0.3, 0.4) is 0 Å². The number of epoxide rings is 4. The number of ether oxygens (including phenoxy) is 16. The molecule has 0 aliphatic carbocycles. The van der Waals surface area contributed by atoms with Gasteiger partial charge in [-0.2, -0.15) is 0 Å². The summed E-state index contributed by atoms with van der Waals surface area (Å²) in [5.74, 6) is -4.27. The van der Waals surface area contributed by atoms with Crippen LogP contribution in [0.25, 0.3) is 43.1 Å². The van der Waals surface area contributed by atoms with Crippen LogP contribution in [0.4, 0.5) is 0 Å². The average Bonchev–Trinajstić information content (AvgIpc) is 0.697. The number of hydrogen-bond donors (Lipinski definition) is 2. The largest absolute Gasteiger partial charge is 0.508 e. The van der Waals surface area contributed by atoms with Crippen LogP contribution < -0.4 is 56.8 Å². The highest BCUT2D eigenvalue weighted by atomic mass is 16.6. The van der Waals surface area contributed by atoms with Crippen molar-refractivity contribution in [3.8, 4) is 103 Å². The number of imide groups is 2. The topological polar surface area (TPSA) is 310 Å². The molecule has 26 heteroatoms. The number of rotatable bonds is 32. The maximum absolute atomic E-state index is 16.8. The lowest BCUT2D eigenvalue weighted by atomic mass is 9.80. The van der Waals surface area contributed by atoms with Crippen molar-refractivity contribution < 1.29 is 115 Å². The molecule has 6 atom stereocenters. The molecule has 13 aromatic rings. The first-order chi connectivity index (χ1) is 57.6. The number of carbonyl (C=O) groups is 6. The van der Waals surface area contributed by atoms with E-state index in [0.717, 1.165) is 9.80 Å². The highest BCUT2D eigenvalue weighted by Crippen LogP contribution is 2.59. The second-order valence-electron chi connectivity index (χ2n) is 28.9. The molecule has 0 aromatic heterocycles. The molecule has 6 aliphatic rings. The fourth-order valence-corrected chi connectivity index (χ4v) is 14.9. The van der Waals surface area contributed by atoms with E-state index in [1.54, 1.807) is 158 Å². The molecule has 2 N–H and O–H groups in total. The van der Waals surface area contributed by atoms with Gasteiger partial charge in [0, 0.05) is 80.2 Å². The standard InChI is InChI=1S/C92H70N2O24/c1-103-71-19-3-5-21-73(71)117-91(101)69(31-49-23-27-51(95)28-24-49)93-87(97)65-37-75(113-57-15-7-11-53(33-57)105-41-61-45-109-61)81-83-77(115-59-17-9-13-55(35-59)107-43-63-47-111-63)39-67-80-68(90(100)94(89(67)99)70(32-50-25-29-52(96)30-26-50)92(102)118-74-22-6-4-20-72(74)104-2)40-78(116-60-18-10-14-56(36-60)108-44-64-48-112-64)84(86(80)83)82-76(38-66(88(93)98)79(65)85(81)82)114-58-16-8-12-54(34-58)106-42-62-46-110-62/h3-30,33-40,61-64,69-70,95-96H,31-32,41-48H2,1-2H3. The molecule has 4 amide bonds. The number of phenols is 2. The van der Waals surface area contributed by atoms with E-state index in [0.29, 0.717) is 60.6 Å². The predicted molar refractivity (Wildman–Crippen MR) is 424 cm³/mol. The lowest BCUT2D eigenvalue weighted by molar-refractivity contribution is -0.139. The number of phenolic OH excluding ortho intramolecular Hbond substituents is 2. The van der Waals surface area contributed by atoms with Crippen molar-refractivity contribution in [1.82, 2.24) is 9.80 Å². The number of fused-ring (bicyclic) bond motifs is 2. The summed E-state index contributed by atoms with van der Waals surface area (Å²) in [6.07, 6.45) is -1.31. The predicted octanol–water partition coefficient (Wildman–Crippen LogP) is 15.1. The lowest BCUT2D eigenvalue weighted by Crippen LogP contribution is -2.53. The van der Waals surface area contributed by atoms with Gasteiger partial charge in [-0.05, 0) is 132 Å². The summed E-state index contributed by atoms with van der Waals surface area (Å²) in [5, 5.41) is 21.8. The Morgan fingerprint density at radius 1 is 0.331 bits per heavy atom. The molecule has 4 fully saturated rings. The Morgan fingerprint density at radius 3 is 0.856 bits per heavy atom. The molecule has 0 saturated carbocycles. The third-order valence-corrected chi connectivity index (χ3v) is 20.9. The van der Waals surface area contributed by atoms with Crippen LogP contribution in [0.1, 0.15) is 52.6 Å². The number of nitrogens with zero attached hydrogens (tertiary/aromatic N) is 2. The van der Waals surface area contributed by atoms with Gasteiger partial charge in [-0.15, -0.1) is 0 Å². The molecule has 592 valence electrons. The Hall–Kier alpha value is -14.2. The number of benzene rings is 13. The van der Waals surface area contributed by atoms with E-state index in [1.165, 1.54) is 74.9 Å². The Morgan fingerprint density at radius 2 is 0.593 bits per heavy atom. The van der Waals surface area contributed by atoms with Crippen LogP contribution in [0, 0.1) is 0 Å². The van der Waals surface area contributed by atoms with Crippen molar-refractivity contribution in [2.24, 2.45) is 0 Å². The van der Waals surface area contributed by atoms with Gasteiger partial charge in [0.1, 0.15) is 143 Å². The Balaban J connectivity index is 0.921. The van der Waals surface area contributed by atoms with Gasteiger partial charge < -0.3 is 86.0 Å². The van der Waals surface area contributed by atoms with Crippen molar-refractivity contribution in [2.75, 3.05) is 67.1 Å². The van der Waals surface area contributed by atoms with Crippen LogP contribution >= 0.6 is 0 Å². The molecule has 118 heavy (non-hydrogen) atoms. The molecule has 0 spiro atoms. The highest BCUT2D eigenvalue weighted by Gasteiger charge is 2.48. The summed E-state index contributed by atoms with van der Waals surface area (Å²) in [7, 11) is 2.80. The van der Waals surface area contributed by atoms with Gasteiger partial charge in [0.2, 0.25) is 0 Å². The number of aromatic hydroxyl groups is 2. The summed E-state index contributed by atoms with van der Waals surface area (Å²) in [4.78, 5) is 100. The molecule has 4 saturated heterocycles. The van der Waals surface area contributed by atoms with Crippen molar-refractivity contribution in [3.05, 3.63) is 252 Å². The van der Waals surface area contributed by atoms with E-state index in [2.05, 4.69) is 0 Å². The molecule has 6 heterocycles. The average molecular weight is 1590 g/mol. The normalized spacial score (nSPS) is 17.3. The van der Waals surface area contributed by atoms with E-state index in [-0.39, 0.29) is 210 Å². The van der Waals surface area contributed by atoms with E-state index < -0.39 is 47.7 Å². The monoisotopic (exact) mass is 1590 g/mol. The first-order valence-electron chi connectivity index (χ1n) is 38.1. The van der Waals surface area contributed by atoms with E-state index in [4.69, 9.17) is 75.8 Å². The molecule has 6 aliphatic heterocycles. The number of esters is 2. The maximum Gasteiger partial charge on any atom is 0.335 e. The SMILES string of the molecule is COc1ccccc1OC(=O)C(Cc1ccc(O)cc1)N1C(=O)c2cc(Oc3cccc(OCC4CO4)c3)c3c4c(Oc5cccc(OCC6CO6)c5)cc5c6c(cc(Oc7cccc(OCC8CO8)c7)c(c7c(Oc8cccc(OCC9CO9)c8)cc(c2c37)C1=O)c64)C(=O)N(C(Cc1ccc(O)cc1)C(=O)Oc1ccccc1OC)C5=O. The summed E-state index contributed by atoms with van der Waals surface area (Å²) in [6.45, 7) is 2.79. The Kier molecular flexibility index (Phi) is 19.3. The van der Waals surface area contributed by atoms with Gasteiger partial charge in [0.05, 0.1) is 62.9 Å². The van der Waals surface area contributed by atoms with Gasteiger partial charge in [0.25, 0.3) is 23.6 Å². The molecular weight excluding hydrogens is 1520 g/mol. The Bertz CT molecular complexity index is 5570. The number of methoxy groups -OCH3 is 2. The second-order valence-corrected chi connectivity index (χ2v) is 28.9. The zero-order valence-electron chi connectivity index (χ0n) is 63.1. The van der Waals surface area contributed by atoms with Gasteiger partial charge >= 0.3 is 11.9 Å². The molecular formula is C92H70N2O24. The van der Waals surface area contributed by atoms with Crippen molar-refractivity contribution in [1.29, 1.82) is 0 Å². The fourth-order valence-electron chi connectivity index (χ4n) is 14.9. The molecule has 6 unspecified atom stereocenters. The van der Waals surface area contributed by atoms with Crippen LogP contribution in [-0.2, 0) is 41.4 Å². The zero-order chi connectivity index (χ0) is 80.4. The minimum atomic E-state index is -1.77. The first-order valence-corrected chi connectivity index (χ1v) is 38.1. The third-order valence-electron chi connectivity index (χ3n) is 20.9. The third kappa shape index (κ3) is 14.9. The van der Waals surface area contributed by atoms with Crippen LogP contribution in [0.5, 0.6) is 103 Å². The Labute approximate surface area is 671 Å². The number of carbonyl (C=O) groups excluding carboxylic acids is 6. The molecule has 0 bridgehead atoms. The van der Waals surface area contributed by atoms with E-state index in [1.807, 2.05) is 0 Å². The van der Waals surface area contributed by atoms with Crippen LogP contribution in [-0.4, -0.2) is 159 Å². The van der Waals surface area contributed by atoms with Crippen LogP contribution in [0.2, 0.25) is 0 Å². The van der Waals surface area contributed by atoms with Crippen molar-refractivity contribution in [3.63, 3.8) is 0 Å². The zero-order valence-corrected chi connectivity index (χ0v) is 63.1. The van der Waals surface area contributed by atoms with Crippen molar-refractivity contribution >= 4 is 78.7 Å². The van der Waals surface area contributed by atoms with E-state index in [9.17, 15) is 10.2 Å². The first kappa shape index (κ1) is 74.0. The minimum absolute atomic E-state index is 0.00996. The van der Waals surface area contributed by atoms with Gasteiger partial charge in [-0.25, -0.2) is 9.59 Å². The number of hydrogen-bond acceptors (Lipinski definition) is 24. The number of para-hydroxylation sites is 4. The van der Waals surface area contributed by atoms with Crippen molar-refractivity contribution in [2.45, 2.75) is 49.3 Å². The maximum atomic E-state index is 16.8. The summed E-state index contributed by atoms with van der Waals surface area (Å²) < 4.78 is 100. The van der Waals surface area contributed by atoms with Gasteiger partial charge in [0.15, 0.2) is 23.0 Å². The molecule has 13 aromatic carbocycles. The summed E-state index contributed by atoms with van der Waals surface area (Å²) >= 11 is 0. The van der Waals surface area contributed by atoms with Gasteiger partial charge in [-0.1, -0.05) is 72.8 Å².